The van der Waals surface area contributed by atoms with Crippen LogP contribution < -0.4 is 9.64 Å². The number of aryl methyl sites for hydroxylation is 2. The SMILES string of the molecule is CCCCCOc1ccc(/C(O)=C2\C(=O)C(=O)N(c3ccc(C)cc3C)C2c2ccc(O)cc2)cc1. The molecule has 6 heteroatoms. The predicted octanol–water partition coefficient (Wildman–Crippen LogP) is 6.20. The summed E-state index contributed by atoms with van der Waals surface area (Å²) in [7, 11) is 0. The van der Waals surface area contributed by atoms with Crippen molar-refractivity contribution in [2.75, 3.05) is 11.5 Å². The quantitative estimate of drug-likeness (QED) is 0.172. The molecule has 1 unspecified atom stereocenters. The van der Waals surface area contributed by atoms with Crippen molar-refractivity contribution in [2.24, 2.45) is 0 Å². The molecule has 0 aromatic heterocycles. The highest BCUT2D eigenvalue weighted by Crippen LogP contribution is 2.43. The first-order chi connectivity index (χ1) is 17.3. The molecular weight excluding hydrogens is 454 g/mol. The normalized spacial score (nSPS) is 17.0. The van der Waals surface area contributed by atoms with E-state index in [4.69, 9.17) is 4.74 Å². The molecule has 1 aliphatic rings. The van der Waals surface area contributed by atoms with Crippen molar-refractivity contribution < 1.29 is 24.5 Å². The largest absolute Gasteiger partial charge is 0.508 e. The van der Waals surface area contributed by atoms with Gasteiger partial charge in [-0.3, -0.25) is 14.5 Å². The van der Waals surface area contributed by atoms with Crippen LogP contribution in [0.15, 0.2) is 72.3 Å². The summed E-state index contributed by atoms with van der Waals surface area (Å²) in [6.45, 7) is 6.59. The van der Waals surface area contributed by atoms with Crippen LogP contribution >= 0.6 is 0 Å². The number of aromatic hydroxyl groups is 1. The average Bonchev–Trinajstić information content (AvgIpc) is 3.12. The summed E-state index contributed by atoms with van der Waals surface area (Å²) in [4.78, 5) is 28.1. The van der Waals surface area contributed by atoms with E-state index in [2.05, 4.69) is 6.92 Å². The minimum Gasteiger partial charge on any atom is -0.508 e. The number of unbranched alkanes of at least 4 members (excludes halogenated alkanes) is 2. The number of hydrogen-bond acceptors (Lipinski definition) is 5. The number of hydrogen-bond donors (Lipinski definition) is 2. The van der Waals surface area contributed by atoms with Gasteiger partial charge in [-0.25, -0.2) is 0 Å². The van der Waals surface area contributed by atoms with Crippen LogP contribution in [0.5, 0.6) is 11.5 Å². The van der Waals surface area contributed by atoms with Gasteiger partial charge in [0.05, 0.1) is 18.2 Å². The van der Waals surface area contributed by atoms with Gasteiger partial charge in [-0.15, -0.1) is 0 Å². The number of aliphatic hydroxyl groups is 1. The van der Waals surface area contributed by atoms with Gasteiger partial charge in [-0.1, -0.05) is 49.6 Å². The number of ketones is 1. The number of rotatable bonds is 8. The summed E-state index contributed by atoms with van der Waals surface area (Å²) in [6.07, 6.45) is 3.17. The lowest BCUT2D eigenvalue weighted by atomic mass is 9.94. The molecular formula is C30H31NO5. The maximum Gasteiger partial charge on any atom is 0.300 e. The number of phenols is 1. The van der Waals surface area contributed by atoms with Gasteiger partial charge in [0.15, 0.2) is 0 Å². The number of aliphatic hydroxyl groups excluding tert-OH is 1. The standard InChI is InChI=1S/C30H31NO5/c1-4-5-6-17-36-24-14-10-22(11-15-24)28(33)26-27(21-8-12-23(32)13-9-21)31(30(35)29(26)34)25-16-7-19(2)18-20(25)3/h7-16,18,27,32-33H,4-6,17H2,1-3H3/b28-26+. The fourth-order valence-corrected chi connectivity index (χ4v) is 4.54. The van der Waals surface area contributed by atoms with Crippen molar-refractivity contribution in [3.63, 3.8) is 0 Å². The Morgan fingerprint density at radius 3 is 2.28 bits per heavy atom. The van der Waals surface area contributed by atoms with E-state index in [1.807, 2.05) is 32.0 Å². The Hall–Kier alpha value is -4.06. The van der Waals surface area contributed by atoms with Crippen molar-refractivity contribution in [1.82, 2.24) is 0 Å². The number of carbonyl (C=O) groups excluding carboxylic acids is 2. The zero-order chi connectivity index (χ0) is 25.8. The first kappa shape index (κ1) is 25.0. The molecule has 4 rings (SSSR count). The molecule has 1 saturated heterocycles. The maximum atomic E-state index is 13.3. The number of amides is 1. The molecule has 1 atom stereocenters. The molecule has 0 bridgehead atoms. The van der Waals surface area contributed by atoms with Gasteiger partial charge < -0.3 is 14.9 Å². The van der Waals surface area contributed by atoms with Crippen LogP contribution in [-0.2, 0) is 9.59 Å². The Bertz CT molecular complexity index is 1290. The Morgan fingerprint density at radius 2 is 1.64 bits per heavy atom. The van der Waals surface area contributed by atoms with Gasteiger partial charge in [0.25, 0.3) is 11.7 Å². The third kappa shape index (κ3) is 4.98. The summed E-state index contributed by atoms with van der Waals surface area (Å²) in [5.41, 5.74) is 3.48. The second-order valence-corrected chi connectivity index (χ2v) is 9.13. The minimum atomic E-state index is -0.850. The molecule has 1 fully saturated rings. The van der Waals surface area contributed by atoms with E-state index in [1.54, 1.807) is 36.4 Å². The molecule has 186 valence electrons. The first-order valence-corrected chi connectivity index (χ1v) is 12.2. The third-order valence-corrected chi connectivity index (χ3v) is 6.41. The van der Waals surface area contributed by atoms with Gasteiger partial charge in [0, 0.05) is 11.3 Å². The number of phenolic OH excluding ortho intramolecular Hbond substituents is 1. The molecule has 3 aromatic rings. The van der Waals surface area contributed by atoms with E-state index in [9.17, 15) is 19.8 Å². The summed E-state index contributed by atoms with van der Waals surface area (Å²) in [6, 6.07) is 18.0. The number of benzene rings is 3. The maximum absolute atomic E-state index is 13.3. The van der Waals surface area contributed by atoms with Crippen molar-refractivity contribution in [1.29, 1.82) is 0 Å². The van der Waals surface area contributed by atoms with Crippen LogP contribution in [0.1, 0.15) is 54.5 Å². The second kappa shape index (κ2) is 10.7. The monoisotopic (exact) mass is 485 g/mol. The van der Waals surface area contributed by atoms with Crippen LogP contribution in [0.2, 0.25) is 0 Å². The molecule has 0 aliphatic carbocycles. The van der Waals surface area contributed by atoms with E-state index in [0.717, 1.165) is 30.4 Å². The fraction of sp³-hybridized carbons (Fsp3) is 0.267. The van der Waals surface area contributed by atoms with Crippen LogP contribution in [0.4, 0.5) is 5.69 Å². The van der Waals surface area contributed by atoms with Gasteiger partial charge in [-0.2, -0.15) is 0 Å². The molecule has 1 heterocycles. The Morgan fingerprint density at radius 1 is 0.944 bits per heavy atom. The topological polar surface area (TPSA) is 87.1 Å². The molecule has 0 saturated carbocycles. The molecule has 3 aromatic carbocycles. The first-order valence-electron chi connectivity index (χ1n) is 12.2. The lowest BCUT2D eigenvalue weighted by Crippen LogP contribution is -2.30. The van der Waals surface area contributed by atoms with Crippen LogP contribution in [-0.4, -0.2) is 28.5 Å². The molecule has 1 amide bonds. The number of nitrogens with zero attached hydrogens (tertiary/aromatic N) is 1. The van der Waals surface area contributed by atoms with E-state index in [-0.39, 0.29) is 17.1 Å². The highest BCUT2D eigenvalue weighted by Gasteiger charge is 2.47. The van der Waals surface area contributed by atoms with Crippen molar-refractivity contribution in [3.05, 3.63) is 94.6 Å². The summed E-state index contributed by atoms with van der Waals surface area (Å²) < 4.78 is 5.76. The molecule has 0 spiro atoms. The van der Waals surface area contributed by atoms with Crippen LogP contribution in [0.3, 0.4) is 0 Å². The molecule has 2 N–H and O–H groups in total. The van der Waals surface area contributed by atoms with Gasteiger partial charge >= 0.3 is 0 Å². The molecule has 6 nitrogen and oxygen atoms in total. The van der Waals surface area contributed by atoms with Crippen LogP contribution in [0, 0.1) is 13.8 Å². The van der Waals surface area contributed by atoms with Crippen molar-refractivity contribution in [3.8, 4) is 11.5 Å². The lowest BCUT2D eigenvalue weighted by molar-refractivity contribution is -0.132. The third-order valence-electron chi connectivity index (χ3n) is 6.41. The fourth-order valence-electron chi connectivity index (χ4n) is 4.54. The second-order valence-electron chi connectivity index (χ2n) is 9.13. The Balaban J connectivity index is 1.77. The number of carbonyl (C=O) groups is 2. The smallest absolute Gasteiger partial charge is 0.300 e. The molecule has 0 radical (unpaired) electrons. The molecule has 36 heavy (non-hydrogen) atoms. The van der Waals surface area contributed by atoms with Gasteiger partial charge in [-0.05, 0) is 73.9 Å². The number of anilines is 1. The number of ether oxygens (including phenoxy) is 1. The predicted molar refractivity (Wildman–Crippen MR) is 140 cm³/mol. The zero-order valence-corrected chi connectivity index (χ0v) is 20.8. The highest BCUT2D eigenvalue weighted by atomic mass is 16.5. The van der Waals surface area contributed by atoms with E-state index >= 15 is 0 Å². The Labute approximate surface area is 211 Å². The van der Waals surface area contributed by atoms with E-state index < -0.39 is 17.7 Å². The van der Waals surface area contributed by atoms with Crippen molar-refractivity contribution in [2.45, 2.75) is 46.1 Å². The molecule has 1 aliphatic heterocycles. The van der Waals surface area contributed by atoms with Gasteiger partial charge in [0.2, 0.25) is 0 Å². The zero-order valence-electron chi connectivity index (χ0n) is 20.8. The summed E-state index contributed by atoms with van der Waals surface area (Å²) in [5.74, 6) is -0.982. The lowest BCUT2D eigenvalue weighted by Gasteiger charge is -2.27. The highest BCUT2D eigenvalue weighted by molar-refractivity contribution is 6.51. The minimum absolute atomic E-state index is 0.00211. The van der Waals surface area contributed by atoms with Gasteiger partial charge in [0.1, 0.15) is 17.3 Å². The summed E-state index contributed by atoms with van der Waals surface area (Å²) >= 11 is 0. The average molecular weight is 486 g/mol. The van der Waals surface area contributed by atoms with Crippen molar-refractivity contribution >= 4 is 23.1 Å². The Kier molecular flexibility index (Phi) is 7.44. The van der Waals surface area contributed by atoms with E-state index in [0.29, 0.717) is 29.2 Å². The van der Waals surface area contributed by atoms with E-state index in [1.165, 1.54) is 17.0 Å². The number of Topliss-reactive ketones (excluding diaryl/α,β-unsaturated/α-hetero) is 1. The summed E-state index contributed by atoms with van der Waals surface area (Å²) in [5, 5.41) is 21.1. The van der Waals surface area contributed by atoms with Crippen LogP contribution in [0.25, 0.3) is 5.76 Å².